The number of carbonyl (C=O) groups is 1. The third-order valence-corrected chi connectivity index (χ3v) is 2.49. The number of aliphatic carboxylic acids is 1. The quantitative estimate of drug-likeness (QED) is 0.638. The summed E-state index contributed by atoms with van der Waals surface area (Å²) in [6.45, 7) is 0.654. The molecule has 0 unspecified atom stereocenters. The molecular weight excluding hydrogens is 210 g/mol. The highest BCUT2D eigenvalue weighted by Gasteiger charge is 2.13. The largest absolute Gasteiger partial charge is 0.480 e. The van der Waals surface area contributed by atoms with E-state index in [-0.39, 0.29) is 0 Å². The van der Waals surface area contributed by atoms with Gasteiger partial charge in [0.25, 0.3) is 0 Å². The Labute approximate surface area is 94.9 Å². The lowest BCUT2D eigenvalue weighted by Crippen LogP contribution is -2.39. The monoisotopic (exact) mass is 225 g/mol. The average Bonchev–Trinajstić information content (AvgIpc) is 2.25. The maximum atomic E-state index is 10.7. The molecule has 1 aromatic carbocycles. The lowest BCUT2D eigenvalue weighted by molar-refractivity contribution is -0.138. The highest BCUT2D eigenvalue weighted by molar-refractivity contribution is 7.80. The summed E-state index contributed by atoms with van der Waals surface area (Å²) < 4.78 is 0. The number of rotatable bonds is 6. The molecule has 82 valence electrons. The van der Waals surface area contributed by atoms with E-state index >= 15 is 0 Å². The highest BCUT2D eigenvalue weighted by Crippen LogP contribution is 1.98. The van der Waals surface area contributed by atoms with Crippen LogP contribution < -0.4 is 5.32 Å². The zero-order valence-electron chi connectivity index (χ0n) is 8.39. The number of nitrogens with one attached hydrogen (secondary N) is 1. The van der Waals surface area contributed by atoms with Crippen LogP contribution in [0, 0.1) is 0 Å². The molecule has 0 saturated heterocycles. The molecular formula is C11H15NO2S. The second-order valence-corrected chi connectivity index (χ2v) is 3.63. The summed E-state index contributed by atoms with van der Waals surface area (Å²) in [5, 5.41) is 11.7. The van der Waals surface area contributed by atoms with Crippen molar-refractivity contribution in [2.75, 3.05) is 12.3 Å². The number of hydrogen-bond acceptors (Lipinski definition) is 3. The van der Waals surface area contributed by atoms with Crippen LogP contribution in [0.15, 0.2) is 30.3 Å². The van der Waals surface area contributed by atoms with Gasteiger partial charge in [-0.3, -0.25) is 4.79 Å². The van der Waals surface area contributed by atoms with E-state index < -0.39 is 12.0 Å². The molecule has 0 amide bonds. The van der Waals surface area contributed by atoms with Crippen LogP contribution in [0.25, 0.3) is 0 Å². The molecule has 1 rings (SSSR count). The second-order valence-electron chi connectivity index (χ2n) is 3.26. The summed E-state index contributed by atoms with van der Waals surface area (Å²) in [6.07, 6.45) is 0.832. The fourth-order valence-electron chi connectivity index (χ4n) is 1.27. The molecule has 15 heavy (non-hydrogen) atoms. The molecule has 0 aliphatic rings. The first-order valence-corrected chi connectivity index (χ1v) is 5.48. The van der Waals surface area contributed by atoms with Crippen molar-refractivity contribution in [3.8, 4) is 0 Å². The Morgan fingerprint density at radius 3 is 2.60 bits per heavy atom. The Balaban J connectivity index is 2.30. The van der Waals surface area contributed by atoms with Crippen LogP contribution in [0.1, 0.15) is 5.56 Å². The second kappa shape index (κ2) is 6.48. The molecule has 0 radical (unpaired) electrons. The van der Waals surface area contributed by atoms with Crippen molar-refractivity contribution in [1.82, 2.24) is 5.32 Å². The lowest BCUT2D eigenvalue weighted by atomic mass is 10.1. The van der Waals surface area contributed by atoms with Gasteiger partial charge in [0, 0.05) is 5.75 Å². The van der Waals surface area contributed by atoms with Crippen LogP contribution in [-0.2, 0) is 11.2 Å². The van der Waals surface area contributed by atoms with Gasteiger partial charge in [-0.2, -0.15) is 12.6 Å². The smallest absolute Gasteiger partial charge is 0.321 e. The Morgan fingerprint density at radius 1 is 1.40 bits per heavy atom. The summed E-state index contributed by atoms with van der Waals surface area (Å²) >= 11 is 3.97. The summed E-state index contributed by atoms with van der Waals surface area (Å²) in [5.41, 5.74) is 1.20. The summed E-state index contributed by atoms with van der Waals surface area (Å²) in [4.78, 5) is 10.7. The molecule has 3 nitrogen and oxygen atoms in total. The van der Waals surface area contributed by atoms with E-state index in [9.17, 15) is 4.79 Å². The fourth-order valence-corrected chi connectivity index (χ4v) is 1.55. The number of hydrogen-bond donors (Lipinski definition) is 3. The maximum Gasteiger partial charge on any atom is 0.321 e. The first kappa shape index (κ1) is 12.1. The molecule has 0 heterocycles. The van der Waals surface area contributed by atoms with E-state index in [1.165, 1.54) is 5.56 Å². The summed E-state index contributed by atoms with van der Waals surface area (Å²) in [7, 11) is 0. The van der Waals surface area contributed by atoms with Crippen molar-refractivity contribution in [2.45, 2.75) is 12.5 Å². The van der Waals surface area contributed by atoms with Crippen LogP contribution in [0.4, 0.5) is 0 Å². The molecule has 0 spiro atoms. The Bertz CT molecular complexity index is 303. The van der Waals surface area contributed by atoms with Crippen molar-refractivity contribution in [3.05, 3.63) is 35.9 Å². The maximum absolute atomic E-state index is 10.7. The van der Waals surface area contributed by atoms with Crippen LogP contribution in [0.2, 0.25) is 0 Å². The van der Waals surface area contributed by atoms with E-state index in [0.717, 1.165) is 6.42 Å². The van der Waals surface area contributed by atoms with Crippen molar-refractivity contribution >= 4 is 18.6 Å². The SMILES string of the molecule is O=C(O)[C@H](CS)NCCc1ccccc1. The number of carboxylic acids is 1. The van der Waals surface area contributed by atoms with Crippen molar-refractivity contribution in [2.24, 2.45) is 0 Å². The normalized spacial score (nSPS) is 12.3. The minimum absolute atomic E-state index is 0.310. The molecule has 2 N–H and O–H groups in total. The number of benzene rings is 1. The van der Waals surface area contributed by atoms with Crippen molar-refractivity contribution < 1.29 is 9.90 Å². The van der Waals surface area contributed by atoms with Gasteiger partial charge in [-0.15, -0.1) is 0 Å². The number of carboxylic acid groups (broad SMARTS) is 1. The summed E-state index contributed by atoms with van der Waals surface area (Å²) in [6, 6.07) is 9.41. The van der Waals surface area contributed by atoms with Gasteiger partial charge >= 0.3 is 5.97 Å². The predicted molar refractivity (Wildman–Crippen MR) is 63.4 cm³/mol. The van der Waals surface area contributed by atoms with E-state index in [1.807, 2.05) is 30.3 Å². The Hall–Kier alpha value is -1.00. The Morgan fingerprint density at radius 2 is 2.07 bits per heavy atom. The van der Waals surface area contributed by atoms with Crippen molar-refractivity contribution in [3.63, 3.8) is 0 Å². The van der Waals surface area contributed by atoms with Crippen LogP contribution in [-0.4, -0.2) is 29.4 Å². The van der Waals surface area contributed by atoms with E-state index in [2.05, 4.69) is 17.9 Å². The van der Waals surface area contributed by atoms with Gasteiger partial charge in [0.15, 0.2) is 0 Å². The molecule has 0 aromatic heterocycles. The van der Waals surface area contributed by atoms with Gasteiger partial charge in [0.2, 0.25) is 0 Å². The molecule has 0 aliphatic heterocycles. The Kier molecular flexibility index (Phi) is 5.21. The predicted octanol–water partition coefficient (Wildman–Crippen LogP) is 1.20. The van der Waals surface area contributed by atoms with Crippen LogP contribution >= 0.6 is 12.6 Å². The fraction of sp³-hybridized carbons (Fsp3) is 0.364. The van der Waals surface area contributed by atoms with Gasteiger partial charge in [-0.05, 0) is 18.5 Å². The van der Waals surface area contributed by atoms with Crippen LogP contribution in [0.5, 0.6) is 0 Å². The van der Waals surface area contributed by atoms with E-state index in [0.29, 0.717) is 12.3 Å². The van der Waals surface area contributed by atoms with E-state index in [4.69, 9.17) is 5.11 Å². The molecule has 0 saturated carbocycles. The van der Waals surface area contributed by atoms with Gasteiger partial charge in [0.05, 0.1) is 0 Å². The zero-order valence-corrected chi connectivity index (χ0v) is 9.28. The zero-order chi connectivity index (χ0) is 11.1. The molecule has 0 bridgehead atoms. The molecule has 1 aromatic rings. The van der Waals surface area contributed by atoms with Gasteiger partial charge in [-0.25, -0.2) is 0 Å². The minimum Gasteiger partial charge on any atom is -0.480 e. The third kappa shape index (κ3) is 4.36. The first-order chi connectivity index (χ1) is 7.24. The van der Waals surface area contributed by atoms with Gasteiger partial charge in [0.1, 0.15) is 6.04 Å². The molecule has 0 aliphatic carbocycles. The molecule has 1 atom stereocenters. The average molecular weight is 225 g/mol. The lowest BCUT2D eigenvalue weighted by Gasteiger charge is -2.11. The molecule has 0 fully saturated rings. The minimum atomic E-state index is -0.849. The van der Waals surface area contributed by atoms with Gasteiger partial charge in [-0.1, -0.05) is 30.3 Å². The molecule has 4 heteroatoms. The van der Waals surface area contributed by atoms with Gasteiger partial charge < -0.3 is 10.4 Å². The third-order valence-electron chi connectivity index (χ3n) is 2.13. The standard InChI is InChI=1S/C11H15NO2S/c13-11(14)10(8-15)12-7-6-9-4-2-1-3-5-9/h1-5,10,12,15H,6-8H2,(H,13,14)/t10-/m0/s1. The van der Waals surface area contributed by atoms with E-state index in [1.54, 1.807) is 0 Å². The van der Waals surface area contributed by atoms with Crippen molar-refractivity contribution in [1.29, 1.82) is 0 Å². The van der Waals surface area contributed by atoms with Crippen LogP contribution in [0.3, 0.4) is 0 Å². The first-order valence-electron chi connectivity index (χ1n) is 4.85. The highest BCUT2D eigenvalue weighted by atomic mass is 32.1. The summed E-state index contributed by atoms with van der Waals surface area (Å²) in [5.74, 6) is -0.539. The topological polar surface area (TPSA) is 49.3 Å². The number of thiol groups is 1.